The molecular weight excluding hydrogens is 793 g/mol. The molecule has 296 valence electrons. The third-order valence-electron chi connectivity index (χ3n) is 11.6. The van der Waals surface area contributed by atoms with Gasteiger partial charge in [-0.2, -0.15) is 9.97 Å². The average Bonchev–Trinajstić information content (AvgIpc) is 4.05. The summed E-state index contributed by atoms with van der Waals surface area (Å²) in [4.78, 5) is 20.5. The van der Waals surface area contributed by atoms with E-state index in [0.717, 1.165) is 86.3 Å². The quantitative estimate of drug-likeness (QED) is 0.128. The largest absolute Gasteiger partial charge is 0.454 e. The van der Waals surface area contributed by atoms with Gasteiger partial charge in [-0.15, -0.1) is 11.3 Å². The summed E-state index contributed by atoms with van der Waals surface area (Å²) in [5.41, 5.74) is 9.11. The summed E-state index contributed by atoms with van der Waals surface area (Å²) >= 11 is 1.68. The van der Waals surface area contributed by atoms with Gasteiger partial charge in [-0.05, 0) is 53.6 Å². The van der Waals surface area contributed by atoms with Crippen molar-refractivity contribution in [2.45, 2.75) is 0 Å². The van der Waals surface area contributed by atoms with Crippen LogP contribution in [0.4, 0.5) is 0 Å². The third kappa shape index (κ3) is 6.40. The number of hydrogen-bond donors (Lipinski definition) is 1. The van der Waals surface area contributed by atoms with Gasteiger partial charge in [0.1, 0.15) is 11.3 Å². The van der Waals surface area contributed by atoms with Gasteiger partial charge in [-0.25, -0.2) is 9.98 Å². The Morgan fingerprint density at radius 1 is 0.508 bits per heavy atom. The molecule has 0 bridgehead atoms. The highest BCUT2D eigenvalue weighted by molar-refractivity contribution is 7.26. The van der Waals surface area contributed by atoms with Gasteiger partial charge in [0.15, 0.2) is 23.2 Å². The van der Waals surface area contributed by atoms with E-state index in [9.17, 15) is 5.41 Å². The normalized spacial score (nSPS) is 12.0. The van der Waals surface area contributed by atoms with Crippen LogP contribution in [-0.4, -0.2) is 31.1 Å². The minimum Gasteiger partial charge on any atom is -0.454 e. The highest BCUT2D eigenvalue weighted by atomic mass is 32.1. The van der Waals surface area contributed by atoms with Crippen LogP contribution in [0, 0.1) is 5.41 Å². The van der Waals surface area contributed by atoms with Crippen LogP contribution < -0.4 is 0 Å². The number of aromatic nitrogens is 4. The Kier molecular flexibility index (Phi) is 8.69. The zero-order valence-corrected chi connectivity index (χ0v) is 34.4. The van der Waals surface area contributed by atoms with Crippen LogP contribution in [0.15, 0.2) is 210 Å². The smallest absolute Gasteiger partial charge is 0.238 e. The number of hydrogen-bond acceptors (Lipinski definition) is 6. The van der Waals surface area contributed by atoms with E-state index in [-0.39, 0.29) is 5.84 Å². The first-order valence-electron chi connectivity index (χ1n) is 20.7. The van der Waals surface area contributed by atoms with Crippen LogP contribution in [0.3, 0.4) is 0 Å². The maximum absolute atomic E-state index is 9.48. The van der Waals surface area contributed by atoms with Gasteiger partial charge in [0.05, 0.1) is 11.0 Å². The van der Waals surface area contributed by atoms with Gasteiger partial charge in [-0.1, -0.05) is 158 Å². The molecule has 1 N–H and O–H groups in total. The lowest BCUT2D eigenvalue weighted by Crippen LogP contribution is -2.07. The predicted octanol–water partition coefficient (Wildman–Crippen LogP) is 13.9. The van der Waals surface area contributed by atoms with Crippen molar-refractivity contribution in [2.24, 2.45) is 4.99 Å². The molecule has 8 aromatic carbocycles. The van der Waals surface area contributed by atoms with Gasteiger partial charge in [0.25, 0.3) is 0 Å². The maximum atomic E-state index is 9.48. The lowest BCUT2D eigenvalue weighted by Gasteiger charge is -2.11. The number of fused-ring (bicyclic) bond motifs is 7. The molecule has 12 rings (SSSR count). The van der Waals surface area contributed by atoms with E-state index in [2.05, 4.69) is 95.6 Å². The minimum absolute atomic E-state index is 0.153. The molecule has 0 radical (unpaired) electrons. The van der Waals surface area contributed by atoms with Crippen molar-refractivity contribution in [1.82, 2.24) is 19.5 Å². The van der Waals surface area contributed by atoms with Crippen molar-refractivity contribution in [2.75, 3.05) is 0 Å². The molecule has 0 saturated carbocycles. The number of nitrogens with one attached hydrogen (secondary N) is 1. The standard InChI is InChI=1S/C55H34N6OS/c56-52(57-51(35-17-6-2-7-18-35)47-32-38-21-10-13-25-46(38)62-47)42-23-14-26-48-50(42)41-29-27-39(33-49(41)63-48)54-58-53(36-19-8-3-9-20-36)59-55(60-54)61-44-24-12-11-22-40(44)43-31-37(28-30-45(43)61)34-15-4-1-5-16-34/h1-33,56H. The number of benzene rings is 8. The molecule has 0 atom stereocenters. The third-order valence-corrected chi connectivity index (χ3v) is 12.7. The van der Waals surface area contributed by atoms with Gasteiger partial charge < -0.3 is 4.42 Å². The van der Waals surface area contributed by atoms with Crippen LogP contribution in [0.2, 0.25) is 0 Å². The van der Waals surface area contributed by atoms with Crippen molar-refractivity contribution >= 4 is 75.8 Å². The molecule has 4 heterocycles. The van der Waals surface area contributed by atoms with E-state index < -0.39 is 0 Å². The van der Waals surface area contributed by atoms with Gasteiger partial charge in [0, 0.05) is 58.6 Å². The molecule has 0 fully saturated rings. The predicted molar refractivity (Wildman–Crippen MR) is 258 cm³/mol. The Hall–Kier alpha value is -8.33. The molecule has 0 saturated heterocycles. The highest BCUT2D eigenvalue weighted by Crippen LogP contribution is 2.39. The Morgan fingerprint density at radius 2 is 1.19 bits per heavy atom. The van der Waals surface area contributed by atoms with E-state index in [1.807, 2.05) is 109 Å². The molecule has 8 heteroatoms. The van der Waals surface area contributed by atoms with Crippen molar-refractivity contribution < 1.29 is 4.42 Å². The SMILES string of the molecule is N=C(N=C(c1ccccc1)c1cc2ccccc2o1)c1cccc2sc3cc(-c4nc(-c5ccccc5)nc(-n5c6ccccc6c6cc(-c7ccccc7)ccc65)n4)ccc3c12. The Morgan fingerprint density at radius 3 is 2.00 bits per heavy atom. The average molecular weight is 827 g/mol. The van der Waals surface area contributed by atoms with Crippen molar-refractivity contribution in [1.29, 1.82) is 5.41 Å². The zero-order valence-electron chi connectivity index (χ0n) is 33.6. The number of thiophene rings is 1. The number of furan rings is 1. The van der Waals surface area contributed by atoms with Gasteiger partial charge >= 0.3 is 0 Å². The molecule has 0 amide bonds. The molecule has 4 aromatic heterocycles. The second-order valence-corrected chi connectivity index (χ2v) is 16.5. The van der Waals surface area contributed by atoms with E-state index in [4.69, 9.17) is 24.4 Å². The fourth-order valence-electron chi connectivity index (χ4n) is 8.60. The number of para-hydroxylation sites is 2. The monoisotopic (exact) mass is 826 g/mol. The van der Waals surface area contributed by atoms with E-state index in [1.165, 1.54) is 0 Å². The minimum atomic E-state index is 0.153. The van der Waals surface area contributed by atoms with Crippen LogP contribution in [0.1, 0.15) is 16.9 Å². The fraction of sp³-hybridized carbons (Fsp3) is 0. The summed E-state index contributed by atoms with van der Waals surface area (Å²) in [5, 5.41) is 14.7. The molecular formula is C55H34N6OS. The first kappa shape index (κ1) is 36.5. The highest BCUT2D eigenvalue weighted by Gasteiger charge is 2.21. The molecule has 63 heavy (non-hydrogen) atoms. The van der Waals surface area contributed by atoms with Crippen LogP contribution >= 0.6 is 11.3 Å². The zero-order chi connectivity index (χ0) is 41.9. The Labute approximate surface area is 365 Å². The summed E-state index contributed by atoms with van der Waals surface area (Å²) < 4.78 is 10.6. The number of amidine groups is 1. The molecule has 0 unspecified atom stereocenters. The lowest BCUT2D eigenvalue weighted by atomic mass is 10.0. The summed E-state index contributed by atoms with van der Waals surface area (Å²) in [7, 11) is 0. The molecule has 0 aliphatic heterocycles. The summed E-state index contributed by atoms with van der Waals surface area (Å²) in [5.74, 6) is 2.47. The number of nitrogens with zero attached hydrogens (tertiary/aromatic N) is 5. The van der Waals surface area contributed by atoms with E-state index >= 15 is 0 Å². The van der Waals surface area contributed by atoms with Crippen molar-refractivity contribution in [3.8, 4) is 39.9 Å². The first-order chi connectivity index (χ1) is 31.1. The maximum Gasteiger partial charge on any atom is 0.238 e. The van der Waals surface area contributed by atoms with Crippen molar-refractivity contribution in [3.63, 3.8) is 0 Å². The van der Waals surface area contributed by atoms with Crippen molar-refractivity contribution in [3.05, 3.63) is 217 Å². The first-order valence-corrected chi connectivity index (χ1v) is 21.5. The molecule has 0 aliphatic carbocycles. The van der Waals surface area contributed by atoms with Crippen LogP contribution in [-0.2, 0) is 0 Å². The molecule has 7 nitrogen and oxygen atoms in total. The summed E-state index contributed by atoms with van der Waals surface area (Å²) in [6.45, 7) is 0. The number of rotatable bonds is 7. The Balaban J connectivity index is 0.995. The second-order valence-electron chi connectivity index (χ2n) is 15.4. The van der Waals surface area contributed by atoms with Crippen LogP contribution in [0.5, 0.6) is 0 Å². The summed E-state index contributed by atoms with van der Waals surface area (Å²) in [6, 6.07) is 67.9. The fourth-order valence-corrected chi connectivity index (χ4v) is 9.77. The lowest BCUT2D eigenvalue weighted by molar-refractivity contribution is 0.605. The number of aliphatic imine (C=N–C) groups is 1. The van der Waals surface area contributed by atoms with E-state index in [0.29, 0.717) is 29.1 Å². The molecule has 0 spiro atoms. The summed E-state index contributed by atoms with van der Waals surface area (Å²) in [6.07, 6.45) is 0. The second kappa shape index (κ2) is 15.0. The van der Waals surface area contributed by atoms with E-state index in [1.54, 1.807) is 11.3 Å². The Bertz CT molecular complexity index is 3720. The van der Waals surface area contributed by atoms with Gasteiger partial charge in [-0.3, -0.25) is 9.98 Å². The molecule has 0 aliphatic rings. The van der Waals surface area contributed by atoms with Gasteiger partial charge in [0.2, 0.25) is 5.95 Å². The topological polar surface area (TPSA) is 93.0 Å². The molecule has 12 aromatic rings. The van der Waals surface area contributed by atoms with Crippen LogP contribution in [0.25, 0.3) is 92.8 Å².